The SMILES string of the molecule is C=CCCCC[Si]OC(C)=O. The highest BCUT2D eigenvalue weighted by molar-refractivity contribution is 6.30. The zero-order valence-corrected chi connectivity index (χ0v) is 7.93. The zero-order chi connectivity index (χ0) is 8.53. The first-order valence-electron chi connectivity index (χ1n) is 3.78. The Bertz CT molecular complexity index is 123. The molecule has 0 aromatic carbocycles. The van der Waals surface area contributed by atoms with Crippen LogP contribution < -0.4 is 0 Å². The molecule has 0 unspecified atom stereocenters. The molecule has 0 saturated heterocycles. The van der Waals surface area contributed by atoms with Crippen LogP contribution in [0.1, 0.15) is 26.2 Å². The van der Waals surface area contributed by atoms with Crippen molar-refractivity contribution in [3.63, 3.8) is 0 Å². The van der Waals surface area contributed by atoms with Crippen LogP contribution in [0.5, 0.6) is 0 Å². The van der Waals surface area contributed by atoms with Gasteiger partial charge >= 0.3 is 9.76 Å². The molecule has 0 aromatic rings. The summed E-state index contributed by atoms with van der Waals surface area (Å²) in [6.07, 6.45) is 5.25. The highest BCUT2D eigenvalue weighted by Crippen LogP contribution is 1.99. The lowest BCUT2D eigenvalue weighted by Crippen LogP contribution is -2.03. The molecule has 0 amide bonds. The molecule has 2 nitrogen and oxygen atoms in total. The number of unbranched alkanes of at least 4 members (excludes halogenated alkanes) is 2. The van der Waals surface area contributed by atoms with Gasteiger partial charge in [-0.2, -0.15) is 0 Å². The molecule has 0 rings (SSSR count). The van der Waals surface area contributed by atoms with Gasteiger partial charge in [0.15, 0.2) is 0 Å². The Labute approximate surface area is 70.6 Å². The van der Waals surface area contributed by atoms with E-state index >= 15 is 0 Å². The van der Waals surface area contributed by atoms with Crippen molar-refractivity contribution in [2.45, 2.75) is 32.2 Å². The molecule has 0 saturated carbocycles. The van der Waals surface area contributed by atoms with Gasteiger partial charge in [-0.05, 0) is 18.9 Å². The first-order chi connectivity index (χ1) is 5.27. The molecule has 0 fully saturated rings. The first-order valence-corrected chi connectivity index (χ1v) is 4.90. The molecule has 0 aliphatic carbocycles. The Morgan fingerprint density at radius 1 is 1.64 bits per heavy atom. The first kappa shape index (κ1) is 10.4. The minimum Gasteiger partial charge on any atom is -0.517 e. The van der Waals surface area contributed by atoms with Gasteiger partial charge in [0, 0.05) is 6.92 Å². The summed E-state index contributed by atoms with van der Waals surface area (Å²) in [5.41, 5.74) is 0. The van der Waals surface area contributed by atoms with Crippen LogP contribution in [0.25, 0.3) is 0 Å². The smallest absolute Gasteiger partial charge is 0.314 e. The highest BCUT2D eigenvalue weighted by atomic mass is 28.2. The van der Waals surface area contributed by atoms with E-state index in [0.717, 1.165) is 25.3 Å². The minimum absolute atomic E-state index is 0.174. The second-order valence-corrected chi connectivity index (χ2v) is 3.27. The Morgan fingerprint density at radius 3 is 2.91 bits per heavy atom. The van der Waals surface area contributed by atoms with Crippen molar-refractivity contribution in [1.29, 1.82) is 0 Å². The molecule has 0 heterocycles. The lowest BCUT2D eigenvalue weighted by atomic mass is 10.2. The summed E-state index contributed by atoms with van der Waals surface area (Å²) in [5, 5.41) is 0. The molecular formula is C8H14O2Si. The minimum atomic E-state index is -0.174. The van der Waals surface area contributed by atoms with Crippen LogP contribution in [-0.2, 0) is 9.22 Å². The molecule has 3 heteroatoms. The van der Waals surface area contributed by atoms with Crippen LogP contribution in [-0.4, -0.2) is 15.7 Å². The summed E-state index contributed by atoms with van der Waals surface area (Å²) >= 11 is 0. The molecule has 0 spiro atoms. The molecule has 0 aromatic heterocycles. The van der Waals surface area contributed by atoms with Crippen molar-refractivity contribution in [3.05, 3.63) is 12.7 Å². The van der Waals surface area contributed by atoms with Crippen LogP contribution in [0.4, 0.5) is 0 Å². The van der Waals surface area contributed by atoms with Gasteiger partial charge in [0.1, 0.15) is 0 Å². The van der Waals surface area contributed by atoms with E-state index < -0.39 is 0 Å². The Kier molecular flexibility index (Phi) is 7.14. The second-order valence-electron chi connectivity index (χ2n) is 2.27. The Hall–Kier alpha value is -0.573. The van der Waals surface area contributed by atoms with E-state index in [1.807, 2.05) is 6.08 Å². The summed E-state index contributed by atoms with van der Waals surface area (Å²) in [4.78, 5) is 10.3. The Balaban J connectivity index is 2.90. The van der Waals surface area contributed by atoms with E-state index in [1.165, 1.54) is 6.92 Å². The van der Waals surface area contributed by atoms with Crippen LogP contribution in [0.2, 0.25) is 6.04 Å². The topological polar surface area (TPSA) is 26.3 Å². The van der Waals surface area contributed by atoms with E-state index in [2.05, 4.69) is 6.58 Å². The van der Waals surface area contributed by atoms with E-state index in [1.54, 1.807) is 0 Å². The second kappa shape index (κ2) is 7.53. The zero-order valence-electron chi connectivity index (χ0n) is 6.93. The average molecular weight is 170 g/mol. The summed E-state index contributed by atoms with van der Waals surface area (Å²) in [5.74, 6) is -0.174. The quantitative estimate of drug-likeness (QED) is 0.346. The molecule has 0 atom stereocenters. The number of hydrogen-bond acceptors (Lipinski definition) is 2. The van der Waals surface area contributed by atoms with Gasteiger partial charge in [0.2, 0.25) is 0 Å². The number of hydrogen-bond donors (Lipinski definition) is 0. The summed E-state index contributed by atoms with van der Waals surface area (Å²) in [7, 11) is 0.340. The van der Waals surface area contributed by atoms with Crippen LogP contribution in [0, 0.1) is 0 Å². The maximum Gasteiger partial charge on any atom is 0.314 e. The number of rotatable bonds is 6. The van der Waals surface area contributed by atoms with Gasteiger partial charge < -0.3 is 4.43 Å². The van der Waals surface area contributed by atoms with E-state index in [4.69, 9.17) is 4.43 Å². The van der Waals surface area contributed by atoms with Crippen molar-refractivity contribution < 1.29 is 9.22 Å². The summed E-state index contributed by atoms with van der Waals surface area (Å²) < 4.78 is 4.79. The number of carbonyl (C=O) groups is 1. The average Bonchev–Trinajstić information content (AvgIpc) is 1.96. The van der Waals surface area contributed by atoms with Crippen LogP contribution >= 0.6 is 0 Å². The third kappa shape index (κ3) is 9.43. The van der Waals surface area contributed by atoms with Crippen molar-refractivity contribution in [3.8, 4) is 0 Å². The monoisotopic (exact) mass is 170 g/mol. The van der Waals surface area contributed by atoms with Crippen molar-refractivity contribution in [1.82, 2.24) is 0 Å². The molecular weight excluding hydrogens is 156 g/mol. The lowest BCUT2D eigenvalue weighted by Gasteiger charge is -1.97. The number of allylic oxidation sites excluding steroid dienone is 1. The van der Waals surface area contributed by atoms with Crippen molar-refractivity contribution >= 4 is 15.7 Å². The van der Waals surface area contributed by atoms with E-state index in [9.17, 15) is 4.79 Å². The summed E-state index contributed by atoms with van der Waals surface area (Å²) in [6, 6.07) is 0.993. The Morgan fingerprint density at radius 2 is 2.36 bits per heavy atom. The molecule has 11 heavy (non-hydrogen) atoms. The number of carbonyl (C=O) groups excluding carboxylic acids is 1. The van der Waals surface area contributed by atoms with Gasteiger partial charge in [0.25, 0.3) is 5.97 Å². The van der Waals surface area contributed by atoms with Crippen molar-refractivity contribution in [2.75, 3.05) is 0 Å². The van der Waals surface area contributed by atoms with Crippen LogP contribution in [0.3, 0.4) is 0 Å². The van der Waals surface area contributed by atoms with E-state index in [-0.39, 0.29) is 5.97 Å². The molecule has 0 aliphatic rings. The maximum absolute atomic E-state index is 10.3. The fourth-order valence-electron chi connectivity index (χ4n) is 0.639. The van der Waals surface area contributed by atoms with Gasteiger partial charge in [0.05, 0.1) is 0 Å². The van der Waals surface area contributed by atoms with Gasteiger partial charge in [-0.1, -0.05) is 12.5 Å². The molecule has 2 radical (unpaired) electrons. The van der Waals surface area contributed by atoms with Gasteiger partial charge in [-0.25, -0.2) is 0 Å². The molecule has 0 N–H and O–H groups in total. The largest absolute Gasteiger partial charge is 0.517 e. The highest BCUT2D eigenvalue weighted by Gasteiger charge is 1.95. The van der Waals surface area contributed by atoms with Gasteiger partial charge in [-0.15, -0.1) is 6.58 Å². The third-order valence-electron chi connectivity index (χ3n) is 1.15. The standard InChI is InChI=1S/C8H14O2Si/c1-3-4-5-6-7-11-10-8(2)9/h3H,1,4-7H2,2H3. The van der Waals surface area contributed by atoms with Crippen molar-refractivity contribution in [2.24, 2.45) is 0 Å². The molecule has 62 valence electrons. The normalized spacial score (nSPS) is 9.18. The van der Waals surface area contributed by atoms with Crippen LogP contribution in [0.15, 0.2) is 12.7 Å². The molecule has 0 aliphatic heterocycles. The van der Waals surface area contributed by atoms with Gasteiger partial charge in [-0.3, -0.25) is 4.79 Å². The third-order valence-corrected chi connectivity index (χ3v) is 2.14. The maximum atomic E-state index is 10.3. The predicted molar refractivity (Wildman–Crippen MR) is 46.4 cm³/mol. The fourth-order valence-corrected chi connectivity index (χ4v) is 1.34. The fraction of sp³-hybridized carbons (Fsp3) is 0.625. The predicted octanol–water partition coefficient (Wildman–Crippen LogP) is 1.94. The van der Waals surface area contributed by atoms with E-state index in [0.29, 0.717) is 9.76 Å². The lowest BCUT2D eigenvalue weighted by molar-refractivity contribution is -0.131. The molecule has 0 bridgehead atoms. The summed E-state index contributed by atoms with van der Waals surface area (Å²) in [6.45, 7) is 5.06.